The lowest BCUT2D eigenvalue weighted by molar-refractivity contribution is 0.0952. The van der Waals surface area contributed by atoms with Crippen molar-refractivity contribution in [2.45, 2.75) is 19.5 Å². The van der Waals surface area contributed by atoms with E-state index in [-0.39, 0.29) is 5.91 Å². The Morgan fingerprint density at radius 1 is 1.04 bits per heavy atom. The first-order chi connectivity index (χ1) is 11.3. The van der Waals surface area contributed by atoms with Gasteiger partial charge in [0.25, 0.3) is 5.91 Å². The Kier molecular flexibility index (Phi) is 4.83. The van der Waals surface area contributed by atoms with E-state index in [1.807, 2.05) is 58.2 Å². The van der Waals surface area contributed by atoms with E-state index in [9.17, 15) is 4.79 Å². The second-order valence-corrected chi connectivity index (χ2v) is 5.28. The highest BCUT2D eigenvalue weighted by Gasteiger charge is 2.06. The van der Waals surface area contributed by atoms with Gasteiger partial charge in [-0.05, 0) is 36.2 Å². The summed E-state index contributed by atoms with van der Waals surface area (Å²) in [7, 11) is 0. The molecule has 0 spiro atoms. The summed E-state index contributed by atoms with van der Waals surface area (Å²) in [6, 6.07) is 11.4. The van der Waals surface area contributed by atoms with E-state index in [1.165, 1.54) is 0 Å². The molecule has 1 amide bonds. The molecule has 0 fully saturated rings. The van der Waals surface area contributed by atoms with Crippen LogP contribution in [-0.2, 0) is 13.1 Å². The zero-order valence-corrected chi connectivity index (χ0v) is 12.8. The van der Waals surface area contributed by atoms with Crippen LogP contribution in [0.3, 0.4) is 0 Å². The molecule has 6 heteroatoms. The first-order valence-corrected chi connectivity index (χ1v) is 7.63. The molecule has 1 aromatic carbocycles. The molecule has 0 aliphatic heterocycles. The number of carbonyl (C=O) groups is 1. The third-order valence-electron chi connectivity index (χ3n) is 3.50. The Morgan fingerprint density at radius 3 is 2.57 bits per heavy atom. The molecule has 0 saturated carbocycles. The summed E-state index contributed by atoms with van der Waals surface area (Å²) in [5, 5.41) is 11.3. The monoisotopic (exact) mass is 309 g/mol. The summed E-state index contributed by atoms with van der Waals surface area (Å²) in [5.74, 6) is -0.0484. The van der Waals surface area contributed by atoms with E-state index < -0.39 is 0 Å². The Hall–Kier alpha value is -2.89. The van der Waals surface area contributed by atoms with Crippen molar-refractivity contribution in [2.75, 3.05) is 6.54 Å². The summed E-state index contributed by atoms with van der Waals surface area (Å²) in [6.07, 6.45) is 8.17. The lowest BCUT2D eigenvalue weighted by Gasteiger charge is -2.07. The number of benzene rings is 1. The molecule has 6 nitrogen and oxygen atoms in total. The second-order valence-electron chi connectivity index (χ2n) is 5.28. The van der Waals surface area contributed by atoms with Gasteiger partial charge in [0, 0.05) is 43.4 Å². The first-order valence-electron chi connectivity index (χ1n) is 7.63. The number of hydrogen-bond donors (Lipinski definition) is 1. The van der Waals surface area contributed by atoms with Crippen LogP contribution in [0.5, 0.6) is 0 Å². The van der Waals surface area contributed by atoms with Crippen molar-refractivity contribution < 1.29 is 4.79 Å². The van der Waals surface area contributed by atoms with Gasteiger partial charge in [0.2, 0.25) is 0 Å². The van der Waals surface area contributed by atoms with Gasteiger partial charge in [0.15, 0.2) is 0 Å². The zero-order chi connectivity index (χ0) is 15.9. The standard InChI is InChI=1S/C17H19N5O/c23-17(18-7-2-10-21-11-3-8-19-21)16-6-1-5-15(13-16)14-22-12-4-9-20-22/h1,3-6,8-9,11-13H,2,7,10,14H2,(H,18,23). The minimum absolute atomic E-state index is 0.0484. The fraction of sp³-hybridized carbons (Fsp3) is 0.235. The molecule has 0 saturated heterocycles. The maximum absolute atomic E-state index is 12.2. The molecular formula is C17H19N5O. The summed E-state index contributed by atoms with van der Waals surface area (Å²) in [6.45, 7) is 2.09. The van der Waals surface area contributed by atoms with E-state index in [1.54, 1.807) is 12.4 Å². The molecule has 0 aliphatic carbocycles. The molecule has 0 unspecified atom stereocenters. The first kappa shape index (κ1) is 15.0. The lowest BCUT2D eigenvalue weighted by Crippen LogP contribution is -2.25. The molecule has 0 atom stereocenters. The van der Waals surface area contributed by atoms with Crippen molar-refractivity contribution in [1.29, 1.82) is 0 Å². The molecule has 0 aliphatic rings. The van der Waals surface area contributed by atoms with E-state index >= 15 is 0 Å². The molecule has 1 N–H and O–H groups in total. The van der Waals surface area contributed by atoms with E-state index in [4.69, 9.17) is 0 Å². The van der Waals surface area contributed by atoms with Gasteiger partial charge in [-0.2, -0.15) is 10.2 Å². The zero-order valence-electron chi connectivity index (χ0n) is 12.8. The second kappa shape index (κ2) is 7.40. The summed E-state index contributed by atoms with van der Waals surface area (Å²) in [5.41, 5.74) is 1.73. The number of hydrogen-bond acceptors (Lipinski definition) is 3. The van der Waals surface area contributed by atoms with Gasteiger partial charge in [0.05, 0.1) is 6.54 Å². The van der Waals surface area contributed by atoms with Gasteiger partial charge in [-0.15, -0.1) is 0 Å². The minimum atomic E-state index is -0.0484. The van der Waals surface area contributed by atoms with Crippen LogP contribution in [0, 0.1) is 0 Å². The fourth-order valence-electron chi connectivity index (χ4n) is 2.37. The quantitative estimate of drug-likeness (QED) is 0.678. The van der Waals surface area contributed by atoms with Gasteiger partial charge in [-0.1, -0.05) is 12.1 Å². The number of nitrogens with zero attached hydrogens (tertiary/aromatic N) is 4. The van der Waals surface area contributed by atoms with Gasteiger partial charge < -0.3 is 5.32 Å². The third kappa shape index (κ3) is 4.29. The van der Waals surface area contributed by atoms with Gasteiger partial charge in [-0.25, -0.2) is 0 Å². The maximum atomic E-state index is 12.2. The summed E-state index contributed by atoms with van der Waals surface area (Å²) >= 11 is 0. The lowest BCUT2D eigenvalue weighted by atomic mass is 10.1. The Morgan fingerprint density at radius 2 is 1.83 bits per heavy atom. The minimum Gasteiger partial charge on any atom is -0.352 e. The average molecular weight is 309 g/mol. The van der Waals surface area contributed by atoms with Crippen LogP contribution in [0.15, 0.2) is 61.2 Å². The normalized spacial score (nSPS) is 10.6. The number of rotatable bonds is 7. The van der Waals surface area contributed by atoms with Gasteiger partial charge in [-0.3, -0.25) is 14.2 Å². The van der Waals surface area contributed by atoms with Crippen LogP contribution < -0.4 is 5.32 Å². The van der Waals surface area contributed by atoms with Crippen molar-refractivity contribution in [1.82, 2.24) is 24.9 Å². The van der Waals surface area contributed by atoms with Crippen LogP contribution in [-0.4, -0.2) is 32.0 Å². The Labute approximate surface area is 134 Å². The smallest absolute Gasteiger partial charge is 0.251 e. The molecule has 3 rings (SSSR count). The predicted molar refractivity (Wildman–Crippen MR) is 86.9 cm³/mol. The molecule has 2 aromatic heterocycles. The van der Waals surface area contributed by atoms with Crippen LogP contribution in [0.1, 0.15) is 22.3 Å². The van der Waals surface area contributed by atoms with Crippen LogP contribution in [0.25, 0.3) is 0 Å². The van der Waals surface area contributed by atoms with E-state index in [0.29, 0.717) is 18.7 Å². The highest BCUT2D eigenvalue weighted by molar-refractivity contribution is 5.94. The highest BCUT2D eigenvalue weighted by Crippen LogP contribution is 2.07. The van der Waals surface area contributed by atoms with Crippen molar-refractivity contribution in [2.24, 2.45) is 0 Å². The Balaban J connectivity index is 1.50. The SMILES string of the molecule is O=C(NCCCn1cccn1)c1cccc(Cn2cccn2)c1. The van der Waals surface area contributed by atoms with Crippen LogP contribution >= 0.6 is 0 Å². The predicted octanol–water partition coefficient (Wildman–Crippen LogP) is 1.95. The summed E-state index contributed by atoms with van der Waals surface area (Å²) in [4.78, 5) is 12.2. The highest BCUT2D eigenvalue weighted by atomic mass is 16.1. The number of aromatic nitrogens is 4. The van der Waals surface area contributed by atoms with E-state index in [2.05, 4.69) is 15.5 Å². The molecule has 23 heavy (non-hydrogen) atoms. The van der Waals surface area contributed by atoms with Crippen molar-refractivity contribution in [3.8, 4) is 0 Å². The summed E-state index contributed by atoms with van der Waals surface area (Å²) < 4.78 is 3.69. The average Bonchev–Trinajstić information content (AvgIpc) is 3.25. The molecule has 0 bridgehead atoms. The molecular weight excluding hydrogens is 290 g/mol. The number of carbonyl (C=O) groups excluding carboxylic acids is 1. The largest absolute Gasteiger partial charge is 0.352 e. The third-order valence-corrected chi connectivity index (χ3v) is 3.50. The van der Waals surface area contributed by atoms with Crippen molar-refractivity contribution in [3.05, 3.63) is 72.3 Å². The van der Waals surface area contributed by atoms with Crippen molar-refractivity contribution in [3.63, 3.8) is 0 Å². The molecule has 0 radical (unpaired) electrons. The maximum Gasteiger partial charge on any atom is 0.251 e. The Bertz CT molecular complexity index is 734. The fourth-order valence-corrected chi connectivity index (χ4v) is 2.37. The van der Waals surface area contributed by atoms with E-state index in [0.717, 1.165) is 18.5 Å². The molecule has 2 heterocycles. The molecule has 118 valence electrons. The number of nitrogens with one attached hydrogen (secondary N) is 1. The van der Waals surface area contributed by atoms with Gasteiger partial charge in [0.1, 0.15) is 0 Å². The van der Waals surface area contributed by atoms with Gasteiger partial charge >= 0.3 is 0 Å². The topological polar surface area (TPSA) is 64.7 Å². The van der Waals surface area contributed by atoms with Crippen molar-refractivity contribution >= 4 is 5.91 Å². The number of amides is 1. The van der Waals surface area contributed by atoms with Crippen LogP contribution in [0.4, 0.5) is 0 Å². The van der Waals surface area contributed by atoms with Crippen LogP contribution in [0.2, 0.25) is 0 Å². The molecule has 3 aromatic rings. The number of aryl methyl sites for hydroxylation is 1.